The van der Waals surface area contributed by atoms with Gasteiger partial charge in [-0.25, -0.2) is 0 Å². The van der Waals surface area contributed by atoms with Crippen LogP contribution in [0.15, 0.2) is 25.3 Å². The molecule has 0 aliphatic rings. The second-order valence-corrected chi connectivity index (χ2v) is 2.71. The monoisotopic (exact) mass is 159 g/mol. The average Bonchev–Trinajstić information content (AvgIpc) is 2.09. The van der Waals surface area contributed by atoms with E-state index >= 15 is 0 Å². The van der Waals surface area contributed by atoms with Crippen molar-refractivity contribution in [2.75, 3.05) is 5.73 Å². The van der Waals surface area contributed by atoms with Crippen LogP contribution >= 0.6 is 0 Å². The molecule has 1 aromatic rings. The number of rotatable bonds is 2. The summed E-state index contributed by atoms with van der Waals surface area (Å²) in [6, 6.07) is 3.98. The first-order chi connectivity index (χ1) is 5.70. The number of nitrogen functional groups attached to an aromatic ring is 1. The number of nitrogens with two attached hydrogens (primary N) is 1. The van der Waals surface area contributed by atoms with Crippen LogP contribution in [0.2, 0.25) is 0 Å². The van der Waals surface area contributed by atoms with E-state index in [4.69, 9.17) is 5.73 Å². The Hall–Kier alpha value is -1.50. The zero-order chi connectivity index (χ0) is 9.14. The van der Waals surface area contributed by atoms with E-state index in [-0.39, 0.29) is 0 Å². The molecule has 0 saturated carbocycles. The Balaban J connectivity index is 3.45. The lowest BCUT2D eigenvalue weighted by Gasteiger charge is -2.07. The number of hydrogen-bond acceptors (Lipinski definition) is 1. The summed E-state index contributed by atoms with van der Waals surface area (Å²) in [4.78, 5) is 0. The molecule has 0 amide bonds. The van der Waals surface area contributed by atoms with Gasteiger partial charge in [0.1, 0.15) is 0 Å². The Morgan fingerprint density at radius 3 is 2.42 bits per heavy atom. The van der Waals surface area contributed by atoms with Crippen molar-refractivity contribution in [1.29, 1.82) is 0 Å². The second-order valence-electron chi connectivity index (χ2n) is 2.71. The molecule has 0 fully saturated rings. The fraction of sp³-hybridized carbons (Fsp3) is 0.0909. The number of benzene rings is 1. The summed E-state index contributed by atoms with van der Waals surface area (Å²) in [5, 5.41) is 0. The first kappa shape index (κ1) is 8.60. The van der Waals surface area contributed by atoms with Gasteiger partial charge in [-0.3, -0.25) is 0 Å². The molecule has 0 aliphatic carbocycles. The molecule has 0 bridgehead atoms. The van der Waals surface area contributed by atoms with E-state index in [0.29, 0.717) is 0 Å². The van der Waals surface area contributed by atoms with Gasteiger partial charge in [0, 0.05) is 11.3 Å². The van der Waals surface area contributed by atoms with Gasteiger partial charge >= 0.3 is 0 Å². The molecule has 1 nitrogen and oxygen atoms in total. The number of anilines is 1. The van der Waals surface area contributed by atoms with Crippen molar-refractivity contribution in [3.8, 4) is 0 Å². The highest BCUT2D eigenvalue weighted by atomic mass is 14.6. The minimum Gasteiger partial charge on any atom is -0.398 e. The van der Waals surface area contributed by atoms with Crippen LogP contribution in [0.25, 0.3) is 12.2 Å². The van der Waals surface area contributed by atoms with E-state index in [1.54, 1.807) is 12.2 Å². The quantitative estimate of drug-likeness (QED) is 0.660. The zero-order valence-corrected chi connectivity index (χ0v) is 7.30. The van der Waals surface area contributed by atoms with Crippen LogP contribution in [0.1, 0.15) is 16.7 Å². The normalized spacial score (nSPS) is 9.42. The Labute approximate surface area is 73.2 Å². The van der Waals surface area contributed by atoms with Crippen molar-refractivity contribution in [2.24, 2.45) is 0 Å². The molecule has 0 aliphatic heterocycles. The largest absolute Gasteiger partial charge is 0.398 e. The van der Waals surface area contributed by atoms with Gasteiger partial charge in [-0.1, -0.05) is 37.4 Å². The molecule has 0 atom stereocenters. The standard InChI is InChI=1S/C11H13N/c1-4-9-7-6-8(3)11(12)10(9)5-2/h4-7H,1-2,12H2,3H3. The number of hydrogen-bond donors (Lipinski definition) is 1. The van der Waals surface area contributed by atoms with Crippen LogP contribution < -0.4 is 5.73 Å². The molecule has 1 heteroatoms. The summed E-state index contributed by atoms with van der Waals surface area (Å²) in [6.07, 6.45) is 3.55. The van der Waals surface area contributed by atoms with Crippen LogP contribution in [-0.4, -0.2) is 0 Å². The van der Waals surface area contributed by atoms with Gasteiger partial charge in [0.2, 0.25) is 0 Å². The summed E-state index contributed by atoms with van der Waals surface area (Å²) in [5.41, 5.74) is 9.74. The van der Waals surface area contributed by atoms with Gasteiger partial charge in [0.05, 0.1) is 0 Å². The first-order valence-electron chi connectivity index (χ1n) is 3.84. The fourth-order valence-electron chi connectivity index (χ4n) is 1.17. The molecule has 0 heterocycles. The van der Waals surface area contributed by atoms with Crippen molar-refractivity contribution >= 4 is 17.8 Å². The minimum absolute atomic E-state index is 0.794. The van der Waals surface area contributed by atoms with Crippen LogP contribution in [0, 0.1) is 6.92 Å². The third kappa shape index (κ3) is 1.26. The maximum atomic E-state index is 5.85. The highest BCUT2D eigenvalue weighted by Crippen LogP contribution is 2.22. The van der Waals surface area contributed by atoms with Crippen LogP contribution in [0.5, 0.6) is 0 Å². The Morgan fingerprint density at radius 1 is 1.25 bits per heavy atom. The Morgan fingerprint density at radius 2 is 1.92 bits per heavy atom. The molecule has 0 spiro atoms. The van der Waals surface area contributed by atoms with Crippen LogP contribution in [-0.2, 0) is 0 Å². The predicted octanol–water partition coefficient (Wildman–Crippen LogP) is 2.86. The van der Waals surface area contributed by atoms with Crippen molar-refractivity contribution in [2.45, 2.75) is 6.92 Å². The van der Waals surface area contributed by atoms with Crippen molar-refractivity contribution in [3.05, 3.63) is 42.0 Å². The summed E-state index contributed by atoms with van der Waals surface area (Å²) in [7, 11) is 0. The molecular weight excluding hydrogens is 146 g/mol. The van der Waals surface area contributed by atoms with E-state index in [1.807, 2.05) is 19.1 Å². The molecule has 2 N–H and O–H groups in total. The topological polar surface area (TPSA) is 26.0 Å². The summed E-state index contributed by atoms with van der Waals surface area (Å²) >= 11 is 0. The predicted molar refractivity (Wildman–Crippen MR) is 55.8 cm³/mol. The van der Waals surface area contributed by atoms with Gasteiger partial charge in [0.15, 0.2) is 0 Å². The highest BCUT2D eigenvalue weighted by Gasteiger charge is 2.01. The molecule has 0 aromatic heterocycles. The third-order valence-electron chi connectivity index (χ3n) is 1.96. The zero-order valence-electron chi connectivity index (χ0n) is 7.30. The molecule has 1 aromatic carbocycles. The first-order valence-corrected chi connectivity index (χ1v) is 3.84. The molecular formula is C11H13N. The Kier molecular flexibility index (Phi) is 2.34. The molecule has 0 saturated heterocycles. The Bertz CT molecular complexity index is 324. The lowest BCUT2D eigenvalue weighted by Crippen LogP contribution is -1.95. The van der Waals surface area contributed by atoms with Gasteiger partial charge in [-0.2, -0.15) is 0 Å². The summed E-state index contributed by atoms with van der Waals surface area (Å²) < 4.78 is 0. The van der Waals surface area contributed by atoms with Crippen molar-refractivity contribution in [1.82, 2.24) is 0 Å². The second kappa shape index (κ2) is 3.26. The number of aryl methyl sites for hydroxylation is 1. The highest BCUT2D eigenvalue weighted by molar-refractivity contribution is 5.75. The van der Waals surface area contributed by atoms with Gasteiger partial charge in [-0.15, -0.1) is 0 Å². The van der Waals surface area contributed by atoms with E-state index in [9.17, 15) is 0 Å². The third-order valence-corrected chi connectivity index (χ3v) is 1.96. The average molecular weight is 159 g/mol. The van der Waals surface area contributed by atoms with Crippen LogP contribution in [0.3, 0.4) is 0 Å². The lowest BCUT2D eigenvalue weighted by molar-refractivity contribution is 1.45. The van der Waals surface area contributed by atoms with Gasteiger partial charge in [0.25, 0.3) is 0 Å². The SMILES string of the molecule is C=Cc1ccc(C)c(N)c1C=C. The van der Waals surface area contributed by atoms with E-state index in [2.05, 4.69) is 13.2 Å². The van der Waals surface area contributed by atoms with Gasteiger partial charge < -0.3 is 5.73 Å². The molecule has 12 heavy (non-hydrogen) atoms. The van der Waals surface area contributed by atoms with Crippen molar-refractivity contribution < 1.29 is 0 Å². The van der Waals surface area contributed by atoms with Gasteiger partial charge in [-0.05, 0) is 18.1 Å². The van der Waals surface area contributed by atoms with E-state index in [1.165, 1.54) is 0 Å². The summed E-state index contributed by atoms with van der Waals surface area (Å²) in [5.74, 6) is 0. The fourth-order valence-corrected chi connectivity index (χ4v) is 1.17. The molecule has 1 rings (SSSR count). The lowest BCUT2D eigenvalue weighted by atomic mass is 10.0. The maximum Gasteiger partial charge on any atom is 0.0423 e. The smallest absolute Gasteiger partial charge is 0.0423 e. The molecule has 62 valence electrons. The summed E-state index contributed by atoms with van der Waals surface area (Å²) in [6.45, 7) is 9.40. The van der Waals surface area contributed by atoms with Crippen molar-refractivity contribution in [3.63, 3.8) is 0 Å². The molecule has 0 unspecified atom stereocenters. The van der Waals surface area contributed by atoms with Crippen LogP contribution in [0.4, 0.5) is 5.69 Å². The molecule has 0 radical (unpaired) electrons. The minimum atomic E-state index is 0.794. The maximum absolute atomic E-state index is 5.85. The van der Waals surface area contributed by atoms with E-state index < -0.39 is 0 Å². The van der Waals surface area contributed by atoms with E-state index in [0.717, 1.165) is 22.4 Å².